The van der Waals surface area contributed by atoms with Crippen molar-refractivity contribution in [1.82, 2.24) is 15.0 Å². The monoisotopic (exact) mass is 238 g/mol. The molecule has 0 atom stereocenters. The molecule has 2 N–H and O–H groups in total. The fourth-order valence-electron chi connectivity index (χ4n) is 1.88. The second kappa shape index (κ2) is 4.14. The average molecular weight is 238 g/mol. The summed E-state index contributed by atoms with van der Waals surface area (Å²) in [5.74, 6) is 1.68. The van der Waals surface area contributed by atoms with Crippen LogP contribution in [0.5, 0.6) is 0 Å². The molecule has 90 valence electrons. The summed E-state index contributed by atoms with van der Waals surface area (Å²) < 4.78 is 0. The zero-order valence-electron chi connectivity index (χ0n) is 10.4. The lowest BCUT2D eigenvalue weighted by Gasteiger charge is -1.96. The van der Waals surface area contributed by atoms with Crippen molar-refractivity contribution in [1.29, 1.82) is 0 Å². The topological polar surface area (TPSA) is 53.6 Å². The number of anilines is 1. The zero-order chi connectivity index (χ0) is 12.5. The summed E-state index contributed by atoms with van der Waals surface area (Å²) in [4.78, 5) is 12.2. The minimum absolute atomic E-state index is 0.734. The molecule has 18 heavy (non-hydrogen) atoms. The highest BCUT2D eigenvalue weighted by molar-refractivity contribution is 5.77. The summed E-state index contributed by atoms with van der Waals surface area (Å²) in [6, 6.07) is 12.2. The molecule has 0 radical (unpaired) electrons. The third kappa shape index (κ3) is 1.82. The Morgan fingerprint density at radius 1 is 1.00 bits per heavy atom. The molecule has 3 rings (SSSR count). The summed E-state index contributed by atoms with van der Waals surface area (Å²) in [5.41, 5.74) is 4.00. The number of aromatic nitrogens is 3. The van der Waals surface area contributed by atoms with Gasteiger partial charge in [0.15, 0.2) is 5.65 Å². The van der Waals surface area contributed by atoms with Crippen LogP contribution in [0.4, 0.5) is 5.82 Å². The van der Waals surface area contributed by atoms with Gasteiger partial charge < -0.3 is 10.3 Å². The molecular formula is C14H14N4. The predicted molar refractivity (Wildman–Crippen MR) is 73.6 cm³/mol. The summed E-state index contributed by atoms with van der Waals surface area (Å²) >= 11 is 0. The van der Waals surface area contributed by atoms with Gasteiger partial charge in [0.2, 0.25) is 0 Å². The van der Waals surface area contributed by atoms with E-state index < -0.39 is 0 Å². The van der Waals surface area contributed by atoms with Crippen LogP contribution in [0.3, 0.4) is 0 Å². The Labute approximate surface area is 105 Å². The molecular weight excluding hydrogens is 224 g/mol. The first-order valence-electron chi connectivity index (χ1n) is 5.88. The number of H-pyrrole nitrogens is 1. The van der Waals surface area contributed by atoms with E-state index >= 15 is 0 Å². The van der Waals surface area contributed by atoms with Crippen molar-refractivity contribution in [3.8, 4) is 11.4 Å². The highest BCUT2D eigenvalue weighted by Crippen LogP contribution is 2.20. The van der Waals surface area contributed by atoms with E-state index in [1.165, 1.54) is 5.56 Å². The quantitative estimate of drug-likeness (QED) is 0.721. The smallest absolute Gasteiger partial charge is 0.180 e. The number of imidazole rings is 1. The van der Waals surface area contributed by atoms with Gasteiger partial charge in [-0.2, -0.15) is 0 Å². The summed E-state index contributed by atoms with van der Waals surface area (Å²) in [6.45, 7) is 2.07. The van der Waals surface area contributed by atoms with Crippen molar-refractivity contribution in [3.63, 3.8) is 0 Å². The number of hydrogen-bond donors (Lipinski definition) is 2. The molecule has 2 aromatic heterocycles. The van der Waals surface area contributed by atoms with Gasteiger partial charge in [0.05, 0.1) is 5.52 Å². The van der Waals surface area contributed by atoms with Gasteiger partial charge in [-0.1, -0.05) is 29.8 Å². The molecule has 0 saturated carbocycles. The SMILES string of the molecule is CNc1ccc2[nH]c(-c3ccc(C)cc3)nc2n1. The van der Waals surface area contributed by atoms with E-state index in [2.05, 4.69) is 51.5 Å². The first-order chi connectivity index (χ1) is 8.76. The van der Waals surface area contributed by atoms with Crippen LogP contribution in [0.1, 0.15) is 5.56 Å². The van der Waals surface area contributed by atoms with E-state index in [1.807, 2.05) is 19.2 Å². The zero-order valence-corrected chi connectivity index (χ0v) is 10.4. The molecule has 0 aliphatic carbocycles. The Hall–Kier alpha value is -2.36. The Bertz CT molecular complexity index is 683. The number of pyridine rings is 1. The molecule has 0 aliphatic rings. The molecule has 0 spiro atoms. The van der Waals surface area contributed by atoms with Gasteiger partial charge in [-0.3, -0.25) is 0 Å². The molecule has 0 aliphatic heterocycles. The maximum atomic E-state index is 4.51. The molecule has 2 heterocycles. The van der Waals surface area contributed by atoms with E-state index in [1.54, 1.807) is 0 Å². The largest absolute Gasteiger partial charge is 0.373 e. The number of benzene rings is 1. The average Bonchev–Trinajstić information content (AvgIpc) is 2.82. The second-order valence-electron chi connectivity index (χ2n) is 4.27. The lowest BCUT2D eigenvalue weighted by Crippen LogP contribution is -1.91. The first-order valence-corrected chi connectivity index (χ1v) is 5.88. The molecule has 0 bridgehead atoms. The summed E-state index contributed by atoms with van der Waals surface area (Å²) in [5, 5.41) is 3.01. The Balaban J connectivity index is 2.10. The number of aromatic amines is 1. The van der Waals surface area contributed by atoms with Gasteiger partial charge in [0.25, 0.3) is 0 Å². The van der Waals surface area contributed by atoms with E-state index in [-0.39, 0.29) is 0 Å². The van der Waals surface area contributed by atoms with Gasteiger partial charge >= 0.3 is 0 Å². The highest BCUT2D eigenvalue weighted by Gasteiger charge is 2.06. The highest BCUT2D eigenvalue weighted by atomic mass is 15.0. The lowest BCUT2D eigenvalue weighted by molar-refractivity contribution is 1.28. The van der Waals surface area contributed by atoms with Gasteiger partial charge in [0, 0.05) is 12.6 Å². The van der Waals surface area contributed by atoms with Crippen LogP contribution >= 0.6 is 0 Å². The van der Waals surface area contributed by atoms with Crippen molar-refractivity contribution in [2.75, 3.05) is 12.4 Å². The Kier molecular flexibility index (Phi) is 2.48. The van der Waals surface area contributed by atoms with Crippen LogP contribution in [0.25, 0.3) is 22.6 Å². The number of nitrogens with zero attached hydrogens (tertiary/aromatic N) is 2. The summed E-state index contributed by atoms with van der Waals surface area (Å²) in [7, 11) is 1.85. The van der Waals surface area contributed by atoms with Crippen molar-refractivity contribution in [2.24, 2.45) is 0 Å². The van der Waals surface area contributed by atoms with Crippen molar-refractivity contribution in [2.45, 2.75) is 6.92 Å². The normalized spacial score (nSPS) is 10.8. The molecule has 0 saturated heterocycles. The van der Waals surface area contributed by atoms with Gasteiger partial charge in [-0.25, -0.2) is 9.97 Å². The fraction of sp³-hybridized carbons (Fsp3) is 0.143. The number of rotatable bonds is 2. The van der Waals surface area contributed by atoms with Crippen molar-refractivity contribution >= 4 is 17.0 Å². The predicted octanol–water partition coefficient (Wildman–Crippen LogP) is 2.98. The minimum Gasteiger partial charge on any atom is -0.373 e. The van der Waals surface area contributed by atoms with E-state index in [9.17, 15) is 0 Å². The molecule has 0 unspecified atom stereocenters. The van der Waals surface area contributed by atoms with Gasteiger partial charge in [-0.15, -0.1) is 0 Å². The van der Waals surface area contributed by atoms with E-state index in [0.29, 0.717) is 0 Å². The second-order valence-corrected chi connectivity index (χ2v) is 4.27. The van der Waals surface area contributed by atoms with Crippen LogP contribution < -0.4 is 5.32 Å². The van der Waals surface area contributed by atoms with Crippen LogP contribution in [-0.2, 0) is 0 Å². The summed E-state index contributed by atoms with van der Waals surface area (Å²) in [6.07, 6.45) is 0. The molecule has 1 aromatic carbocycles. The third-order valence-electron chi connectivity index (χ3n) is 2.93. The van der Waals surface area contributed by atoms with Crippen molar-refractivity contribution < 1.29 is 0 Å². The number of fused-ring (bicyclic) bond motifs is 1. The Morgan fingerprint density at radius 2 is 1.78 bits per heavy atom. The first kappa shape index (κ1) is 10.8. The van der Waals surface area contributed by atoms with Crippen molar-refractivity contribution in [3.05, 3.63) is 42.0 Å². The maximum absolute atomic E-state index is 4.51. The molecule has 4 heteroatoms. The fourth-order valence-corrected chi connectivity index (χ4v) is 1.88. The number of aryl methyl sites for hydroxylation is 1. The molecule has 0 fully saturated rings. The van der Waals surface area contributed by atoms with Crippen LogP contribution in [-0.4, -0.2) is 22.0 Å². The van der Waals surface area contributed by atoms with Crippen LogP contribution in [0.15, 0.2) is 36.4 Å². The molecule has 0 amide bonds. The van der Waals surface area contributed by atoms with Gasteiger partial charge in [0.1, 0.15) is 11.6 Å². The van der Waals surface area contributed by atoms with Crippen LogP contribution in [0, 0.1) is 6.92 Å². The minimum atomic E-state index is 0.734. The molecule has 3 aromatic rings. The standard InChI is InChI=1S/C14H14N4/c1-9-3-5-10(6-4-9)13-16-11-7-8-12(15-2)17-14(11)18-13/h3-8H,1-2H3,(H2,15,16,17,18). The maximum Gasteiger partial charge on any atom is 0.180 e. The van der Waals surface area contributed by atoms with Crippen LogP contribution in [0.2, 0.25) is 0 Å². The third-order valence-corrected chi connectivity index (χ3v) is 2.93. The number of hydrogen-bond acceptors (Lipinski definition) is 3. The Morgan fingerprint density at radius 3 is 2.50 bits per heavy atom. The van der Waals surface area contributed by atoms with E-state index in [0.717, 1.165) is 28.4 Å². The lowest BCUT2D eigenvalue weighted by atomic mass is 10.1. The molecule has 4 nitrogen and oxygen atoms in total. The number of nitrogens with one attached hydrogen (secondary N) is 2. The van der Waals surface area contributed by atoms with Gasteiger partial charge in [-0.05, 0) is 19.1 Å². The van der Waals surface area contributed by atoms with E-state index in [4.69, 9.17) is 0 Å².